The van der Waals surface area contributed by atoms with Crippen molar-refractivity contribution >= 4 is 0 Å². The van der Waals surface area contributed by atoms with Crippen molar-refractivity contribution in [3.8, 4) is 11.8 Å². The molecule has 0 heterocycles. The second-order valence-electron chi connectivity index (χ2n) is 3.06. The van der Waals surface area contributed by atoms with Gasteiger partial charge in [-0.3, -0.25) is 0 Å². The third-order valence-corrected chi connectivity index (χ3v) is 1.83. The van der Waals surface area contributed by atoms with E-state index in [1.807, 2.05) is 0 Å². The van der Waals surface area contributed by atoms with Crippen molar-refractivity contribution in [3.05, 3.63) is 29.6 Å². The summed E-state index contributed by atoms with van der Waals surface area (Å²) in [6, 6.07) is 4.48. The van der Waals surface area contributed by atoms with E-state index < -0.39 is 18.1 Å². The predicted molar refractivity (Wildman–Crippen MR) is 47.3 cm³/mol. The SMILES string of the molecule is CC(Oc1ccc(C#N)c(F)c1)C(F)(F)F. The lowest BCUT2D eigenvalue weighted by molar-refractivity contribution is -0.189. The van der Waals surface area contributed by atoms with Gasteiger partial charge in [0.05, 0.1) is 5.56 Å². The first-order valence-electron chi connectivity index (χ1n) is 4.27. The van der Waals surface area contributed by atoms with E-state index in [0.717, 1.165) is 25.1 Å². The highest BCUT2D eigenvalue weighted by Gasteiger charge is 2.38. The lowest BCUT2D eigenvalue weighted by Gasteiger charge is -2.17. The molecule has 0 spiro atoms. The minimum absolute atomic E-state index is 0.244. The zero-order chi connectivity index (χ0) is 12.3. The number of ether oxygens (including phenoxy) is 1. The Hall–Kier alpha value is -1.77. The van der Waals surface area contributed by atoms with Crippen LogP contribution in [0, 0.1) is 17.1 Å². The molecule has 0 aliphatic heterocycles. The van der Waals surface area contributed by atoms with Gasteiger partial charge in [-0.05, 0) is 19.1 Å². The normalized spacial score (nSPS) is 13.0. The van der Waals surface area contributed by atoms with E-state index in [2.05, 4.69) is 4.74 Å². The number of hydrogen-bond donors (Lipinski definition) is 0. The summed E-state index contributed by atoms with van der Waals surface area (Å²) in [6.45, 7) is 0.816. The van der Waals surface area contributed by atoms with Gasteiger partial charge in [0.15, 0.2) is 6.10 Å². The molecule has 1 rings (SSSR count). The fourth-order valence-corrected chi connectivity index (χ4v) is 0.931. The fraction of sp³-hybridized carbons (Fsp3) is 0.300. The highest BCUT2D eigenvalue weighted by Crippen LogP contribution is 2.25. The molecular formula is C10H7F4NO. The van der Waals surface area contributed by atoms with Crippen molar-refractivity contribution < 1.29 is 22.3 Å². The summed E-state index contributed by atoms with van der Waals surface area (Å²) in [5, 5.41) is 8.41. The van der Waals surface area contributed by atoms with Gasteiger partial charge in [-0.25, -0.2) is 4.39 Å². The van der Waals surface area contributed by atoms with E-state index in [-0.39, 0.29) is 11.3 Å². The number of benzene rings is 1. The fourth-order valence-electron chi connectivity index (χ4n) is 0.931. The molecule has 6 heteroatoms. The summed E-state index contributed by atoms with van der Waals surface area (Å²) in [6.07, 6.45) is -6.54. The first kappa shape index (κ1) is 12.3. The minimum Gasteiger partial charge on any atom is -0.481 e. The summed E-state index contributed by atoms with van der Waals surface area (Å²) >= 11 is 0. The molecule has 0 fully saturated rings. The zero-order valence-electron chi connectivity index (χ0n) is 8.18. The highest BCUT2D eigenvalue weighted by molar-refractivity contribution is 5.36. The maximum absolute atomic E-state index is 13.0. The van der Waals surface area contributed by atoms with Crippen molar-refractivity contribution in [3.63, 3.8) is 0 Å². The second kappa shape index (κ2) is 4.39. The van der Waals surface area contributed by atoms with Crippen molar-refractivity contribution in [2.24, 2.45) is 0 Å². The van der Waals surface area contributed by atoms with Gasteiger partial charge < -0.3 is 4.74 Å². The van der Waals surface area contributed by atoms with Crippen molar-refractivity contribution in [2.75, 3.05) is 0 Å². The Bertz CT molecular complexity index is 422. The van der Waals surface area contributed by atoms with Crippen LogP contribution in [0.25, 0.3) is 0 Å². The quantitative estimate of drug-likeness (QED) is 0.735. The number of halogens is 4. The molecular weight excluding hydrogens is 226 g/mol. The summed E-state index contributed by atoms with van der Waals surface area (Å²) in [7, 11) is 0. The zero-order valence-corrected chi connectivity index (χ0v) is 8.18. The Labute approximate surface area is 89.1 Å². The molecule has 2 nitrogen and oxygen atoms in total. The number of hydrogen-bond acceptors (Lipinski definition) is 2. The van der Waals surface area contributed by atoms with Gasteiger partial charge in [0.2, 0.25) is 0 Å². The van der Waals surface area contributed by atoms with Crippen LogP contribution in [0.4, 0.5) is 17.6 Å². The van der Waals surface area contributed by atoms with Crippen LogP contribution < -0.4 is 4.74 Å². The first-order chi connectivity index (χ1) is 7.34. The topological polar surface area (TPSA) is 33.0 Å². The minimum atomic E-state index is -4.51. The van der Waals surface area contributed by atoms with Gasteiger partial charge in [-0.2, -0.15) is 18.4 Å². The molecule has 1 aromatic carbocycles. The maximum atomic E-state index is 13.0. The Morgan fingerprint density at radius 2 is 2.00 bits per heavy atom. The van der Waals surface area contributed by atoms with Crippen molar-refractivity contribution in [1.29, 1.82) is 5.26 Å². The Kier molecular flexibility index (Phi) is 3.38. The Morgan fingerprint density at radius 1 is 1.38 bits per heavy atom. The lowest BCUT2D eigenvalue weighted by Crippen LogP contribution is -2.31. The number of rotatable bonds is 2. The average molecular weight is 233 g/mol. The van der Waals surface area contributed by atoms with Crippen LogP contribution in [0.2, 0.25) is 0 Å². The largest absolute Gasteiger partial charge is 0.481 e. The van der Waals surface area contributed by atoms with Crippen LogP contribution in [-0.2, 0) is 0 Å². The second-order valence-corrected chi connectivity index (χ2v) is 3.06. The van der Waals surface area contributed by atoms with Gasteiger partial charge in [0, 0.05) is 6.07 Å². The summed E-state index contributed by atoms with van der Waals surface area (Å²) in [5.74, 6) is -1.17. The maximum Gasteiger partial charge on any atom is 0.425 e. The molecule has 86 valence electrons. The van der Waals surface area contributed by atoms with E-state index in [9.17, 15) is 17.6 Å². The van der Waals surface area contributed by atoms with Gasteiger partial charge in [0.1, 0.15) is 17.6 Å². The van der Waals surface area contributed by atoms with E-state index in [1.54, 1.807) is 6.07 Å². The monoisotopic (exact) mass is 233 g/mol. The van der Waals surface area contributed by atoms with Gasteiger partial charge >= 0.3 is 6.18 Å². The molecule has 0 aliphatic carbocycles. The van der Waals surface area contributed by atoms with Crippen molar-refractivity contribution in [2.45, 2.75) is 19.2 Å². The third-order valence-electron chi connectivity index (χ3n) is 1.83. The molecule has 1 aromatic rings. The average Bonchev–Trinajstić information content (AvgIpc) is 2.16. The summed E-state index contributed by atoms with van der Waals surface area (Å²) < 4.78 is 53.8. The molecule has 0 aliphatic rings. The summed E-state index contributed by atoms with van der Waals surface area (Å²) in [5.41, 5.74) is -0.244. The van der Waals surface area contributed by atoms with E-state index >= 15 is 0 Å². The molecule has 0 aromatic heterocycles. The van der Waals surface area contributed by atoms with E-state index in [4.69, 9.17) is 5.26 Å². The standard InChI is InChI=1S/C10H7F4NO/c1-6(10(12,13)14)16-8-3-2-7(5-15)9(11)4-8/h2-4,6H,1H3. The van der Waals surface area contributed by atoms with Gasteiger partial charge in [-0.15, -0.1) is 0 Å². The van der Waals surface area contributed by atoms with Crippen LogP contribution in [0.1, 0.15) is 12.5 Å². The van der Waals surface area contributed by atoms with Gasteiger partial charge in [-0.1, -0.05) is 0 Å². The van der Waals surface area contributed by atoms with Gasteiger partial charge in [0.25, 0.3) is 0 Å². The van der Waals surface area contributed by atoms with Crippen LogP contribution in [-0.4, -0.2) is 12.3 Å². The van der Waals surface area contributed by atoms with Crippen LogP contribution in [0.15, 0.2) is 18.2 Å². The number of nitriles is 1. The lowest BCUT2D eigenvalue weighted by atomic mass is 10.2. The van der Waals surface area contributed by atoms with Crippen molar-refractivity contribution in [1.82, 2.24) is 0 Å². The molecule has 0 saturated carbocycles. The third kappa shape index (κ3) is 2.86. The molecule has 1 unspecified atom stereocenters. The Morgan fingerprint density at radius 3 is 2.44 bits per heavy atom. The van der Waals surface area contributed by atoms with Crippen LogP contribution in [0.5, 0.6) is 5.75 Å². The first-order valence-corrected chi connectivity index (χ1v) is 4.27. The Balaban J connectivity index is 2.85. The number of nitrogens with zero attached hydrogens (tertiary/aromatic N) is 1. The predicted octanol–water partition coefficient (Wildman–Crippen LogP) is 3.03. The highest BCUT2D eigenvalue weighted by atomic mass is 19.4. The molecule has 0 amide bonds. The molecule has 0 N–H and O–H groups in total. The molecule has 1 atom stereocenters. The smallest absolute Gasteiger partial charge is 0.425 e. The van der Waals surface area contributed by atoms with Crippen LogP contribution >= 0.6 is 0 Å². The van der Waals surface area contributed by atoms with E-state index in [1.165, 1.54) is 0 Å². The van der Waals surface area contributed by atoms with E-state index in [0.29, 0.717) is 0 Å². The molecule has 0 bridgehead atoms. The summed E-state index contributed by atoms with van der Waals surface area (Å²) in [4.78, 5) is 0. The number of alkyl halides is 3. The molecule has 0 radical (unpaired) electrons. The molecule has 0 saturated heterocycles. The van der Waals surface area contributed by atoms with Crippen LogP contribution in [0.3, 0.4) is 0 Å². The molecule has 16 heavy (non-hydrogen) atoms.